The van der Waals surface area contributed by atoms with Crippen molar-refractivity contribution in [3.05, 3.63) is 57.3 Å². The van der Waals surface area contributed by atoms with Crippen molar-refractivity contribution in [2.45, 2.75) is 20.8 Å². The fourth-order valence-corrected chi connectivity index (χ4v) is 4.92. The molecule has 0 aliphatic carbocycles. The number of anilines is 1. The quantitative estimate of drug-likeness (QED) is 0.370. The van der Waals surface area contributed by atoms with Crippen LogP contribution in [0.2, 0.25) is 0 Å². The Morgan fingerprint density at radius 3 is 2.62 bits per heavy atom. The highest BCUT2D eigenvalue weighted by Gasteiger charge is 2.17. The lowest BCUT2D eigenvalue weighted by Crippen LogP contribution is -2.34. The van der Waals surface area contributed by atoms with Gasteiger partial charge in [-0.3, -0.25) is 10.1 Å². The van der Waals surface area contributed by atoms with Gasteiger partial charge in [-0.1, -0.05) is 27.3 Å². The van der Waals surface area contributed by atoms with E-state index < -0.39 is 0 Å². The summed E-state index contributed by atoms with van der Waals surface area (Å²) in [5.41, 5.74) is 3.95. The number of ether oxygens (including phenoxy) is 1. The molecule has 0 radical (unpaired) electrons. The van der Waals surface area contributed by atoms with Crippen LogP contribution in [-0.4, -0.2) is 37.9 Å². The maximum atomic E-state index is 12.8. The molecule has 0 saturated carbocycles. The summed E-state index contributed by atoms with van der Waals surface area (Å²) in [6.45, 7) is 5.70. The van der Waals surface area contributed by atoms with E-state index in [9.17, 15) is 4.79 Å². The van der Waals surface area contributed by atoms with Gasteiger partial charge in [0.25, 0.3) is 5.91 Å². The molecule has 0 atom stereocenters. The number of benzene rings is 2. The largest absolute Gasteiger partial charge is 0.496 e. The molecule has 0 bridgehead atoms. The number of fused-ring (bicyclic) bond motifs is 1. The minimum absolute atomic E-state index is 0.194. The Balaban J connectivity index is 1.49. The Kier molecular flexibility index (Phi) is 6.22. The van der Waals surface area contributed by atoms with Crippen molar-refractivity contribution < 1.29 is 9.53 Å². The van der Waals surface area contributed by atoms with Gasteiger partial charge >= 0.3 is 0 Å². The SMILES string of the molecule is COc1c(C)cc(Br)cc1C(=O)NC(=S)Nc1ccc(-c2nn3c(C)nnc3s2)cc1C. The number of thiocarbonyl (C=S) groups is 1. The molecular formula is C21H19BrN6O2S2. The number of aryl methyl sites for hydroxylation is 3. The topological polar surface area (TPSA) is 93.4 Å². The number of amides is 1. The summed E-state index contributed by atoms with van der Waals surface area (Å²) in [7, 11) is 1.53. The molecule has 0 aliphatic rings. The van der Waals surface area contributed by atoms with Gasteiger partial charge in [-0.2, -0.15) is 9.61 Å². The summed E-state index contributed by atoms with van der Waals surface area (Å²) in [6.07, 6.45) is 0. The number of nitrogens with one attached hydrogen (secondary N) is 2. The minimum atomic E-state index is -0.354. The molecule has 1 amide bonds. The van der Waals surface area contributed by atoms with Gasteiger partial charge in [-0.15, -0.1) is 10.2 Å². The summed E-state index contributed by atoms with van der Waals surface area (Å²) >= 11 is 10.3. The third-order valence-corrected chi connectivity index (χ3v) is 6.39. The number of carbonyl (C=O) groups excluding carboxylic acids is 1. The van der Waals surface area contributed by atoms with E-state index in [1.54, 1.807) is 10.6 Å². The Bertz CT molecular complexity index is 1360. The summed E-state index contributed by atoms with van der Waals surface area (Å²) in [5, 5.41) is 19.5. The van der Waals surface area contributed by atoms with E-state index in [4.69, 9.17) is 17.0 Å². The molecular weight excluding hydrogens is 512 g/mol. The third-order valence-electron chi connectivity index (χ3n) is 4.78. The summed E-state index contributed by atoms with van der Waals surface area (Å²) in [6, 6.07) is 9.44. The number of methoxy groups -OCH3 is 1. The lowest BCUT2D eigenvalue weighted by molar-refractivity contribution is 0.0974. The van der Waals surface area contributed by atoms with E-state index in [1.807, 2.05) is 45.0 Å². The van der Waals surface area contributed by atoms with Crippen LogP contribution in [0.3, 0.4) is 0 Å². The fourth-order valence-electron chi connectivity index (χ4n) is 3.26. The Morgan fingerprint density at radius 2 is 1.94 bits per heavy atom. The van der Waals surface area contributed by atoms with E-state index in [0.717, 1.165) is 42.6 Å². The van der Waals surface area contributed by atoms with Crippen LogP contribution in [0.4, 0.5) is 5.69 Å². The highest BCUT2D eigenvalue weighted by Crippen LogP contribution is 2.29. The number of halogens is 1. The molecule has 8 nitrogen and oxygen atoms in total. The number of hydrogen-bond acceptors (Lipinski definition) is 7. The average molecular weight is 531 g/mol. The van der Waals surface area contributed by atoms with E-state index in [1.165, 1.54) is 18.4 Å². The molecule has 0 unspecified atom stereocenters. The highest BCUT2D eigenvalue weighted by atomic mass is 79.9. The molecule has 4 aromatic rings. The Labute approximate surface area is 202 Å². The average Bonchev–Trinajstić information content (AvgIpc) is 3.31. The molecule has 0 spiro atoms. The first-order valence-electron chi connectivity index (χ1n) is 9.53. The minimum Gasteiger partial charge on any atom is -0.496 e. The molecule has 4 rings (SSSR count). The monoisotopic (exact) mass is 530 g/mol. The number of carbonyl (C=O) groups is 1. The van der Waals surface area contributed by atoms with E-state index in [2.05, 4.69) is 41.9 Å². The predicted molar refractivity (Wildman–Crippen MR) is 133 cm³/mol. The molecule has 32 heavy (non-hydrogen) atoms. The van der Waals surface area contributed by atoms with E-state index >= 15 is 0 Å². The Hall–Kier alpha value is -2.89. The second kappa shape index (κ2) is 8.93. The van der Waals surface area contributed by atoms with Gasteiger partial charge in [0.1, 0.15) is 10.8 Å². The van der Waals surface area contributed by atoms with Crippen molar-refractivity contribution in [1.82, 2.24) is 25.1 Å². The summed E-state index contributed by atoms with van der Waals surface area (Å²) in [5.74, 6) is 0.901. The van der Waals surface area contributed by atoms with Crippen LogP contribution >= 0.6 is 39.5 Å². The zero-order valence-electron chi connectivity index (χ0n) is 17.7. The van der Waals surface area contributed by atoms with Crippen LogP contribution < -0.4 is 15.4 Å². The molecule has 2 heterocycles. The zero-order chi connectivity index (χ0) is 23.0. The molecule has 0 saturated heterocycles. The molecule has 11 heteroatoms. The highest BCUT2D eigenvalue weighted by molar-refractivity contribution is 9.10. The molecule has 0 fully saturated rings. The lowest BCUT2D eigenvalue weighted by Gasteiger charge is -2.15. The number of aromatic nitrogens is 4. The normalized spacial score (nSPS) is 10.9. The van der Waals surface area contributed by atoms with Crippen LogP contribution in [0.15, 0.2) is 34.8 Å². The number of hydrogen-bond donors (Lipinski definition) is 2. The number of rotatable bonds is 4. The van der Waals surface area contributed by atoms with Crippen molar-refractivity contribution in [2.24, 2.45) is 0 Å². The number of nitrogens with zero attached hydrogens (tertiary/aromatic N) is 4. The standard InChI is InChI=1S/C21H19BrN6O2S2/c1-10-7-13(19-27-28-12(3)25-26-21(28)32-19)5-6-16(10)23-20(31)24-18(29)15-9-14(22)8-11(2)17(15)30-4/h5-9H,1-4H3,(H2,23,24,29,31). The zero-order valence-corrected chi connectivity index (χ0v) is 20.9. The second-order valence-corrected chi connectivity index (χ2v) is 9.37. The van der Waals surface area contributed by atoms with Crippen molar-refractivity contribution in [2.75, 3.05) is 12.4 Å². The van der Waals surface area contributed by atoms with Crippen LogP contribution in [-0.2, 0) is 0 Å². The molecule has 2 N–H and O–H groups in total. The van der Waals surface area contributed by atoms with Gasteiger partial charge in [-0.05, 0) is 74.4 Å². The van der Waals surface area contributed by atoms with Crippen LogP contribution in [0, 0.1) is 20.8 Å². The fraction of sp³-hybridized carbons (Fsp3) is 0.190. The van der Waals surface area contributed by atoms with E-state index in [0.29, 0.717) is 11.3 Å². The molecule has 2 aromatic heterocycles. The molecule has 2 aromatic carbocycles. The van der Waals surface area contributed by atoms with Crippen molar-refractivity contribution in [3.8, 4) is 16.3 Å². The lowest BCUT2D eigenvalue weighted by atomic mass is 10.1. The van der Waals surface area contributed by atoms with Gasteiger partial charge in [0.05, 0.1) is 12.7 Å². The van der Waals surface area contributed by atoms with E-state index in [-0.39, 0.29) is 11.0 Å². The first kappa shape index (κ1) is 22.3. The maximum Gasteiger partial charge on any atom is 0.261 e. The van der Waals surface area contributed by atoms with Crippen LogP contribution in [0.1, 0.15) is 27.3 Å². The van der Waals surface area contributed by atoms with Gasteiger partial charge in [0.15, 0.2) is 10.9 Å². The summed E-state index contributed by atoms with van der Waals surface area (Å²) < 4.78 is 7.90. The van der Waals surface area contributed by atoms with Crippen molar-refractivity contribution in [3.63, 3.8) is 0 Å². The third kappa shape index (κ3) is 4.36. The van der Waals surface area contributed by atoms with Crippen LogP contribution in [0.25, 0.3) is 15.5 Å². The van der Waals surface area contributed by atoms with Gasteiger partial charge < -0.3 is 10.1 Å². The van der Waals surface area contributed by atoms with Crippen molar-refractivity contribution >= 4 is 61.2 Å². The van der Waals surface area contributed by atoms with Crippen molar-refractivity contribution in [1.29, 1.82) is 0 Å². The predicted octanol–water partition coefficient (Wildman–Crippen LogP) is 4.68. The second-order valence-electron chi connectivity index (χ2n) is 7.09. The van der Waals surface area contributed by atoms with Gasteiger partial charge in [-0.25, -0.2) is 0 Å². The van der Waals surface area contributed by atoms with Crippen LogP contribution in [0.5, 0.6) is 5.75 Å². The maximum absolute atomic E-state index is 12.8. The molecule has 164 valence electrons. The first-order valence-corrected chi connectivity index (χ1v) is 11.5. The first-order chi connectivity index (χ1) is 15.3. The van der Waals surface area contributed by atoms with Gasteiger partial charge in [0, 0.05) is 15.7 Å². The summed E-state index contributed by atoms with van der Waals surface area (Å²) in [4.78, 5) is 13.5. The Morgan fingerprint density at radius 1 is 1.16 bits per heavy atom. The van der Waals surface area contributed by atoms with Gasteiger partial charge in [0.2, 0.25) is 4.96 Å². The molecule has 0 aliphatic heterocycles. The smallest absolute Gasteiger partial charge is 0.261 e.